The molecule has 120 valence electrons. The average molecular weight is 311 g/mol. The zero-order valence-corrected chi connectivity index (χ0v) is 13.3. The van der Waals surface area contributed by atoms with E-state index < -0.39 is 0 Å². The predicted octanol–water partition coefficient (Wildman–Crippen LogP) is 1.26. The van der Waals surface area contributed by atoms with Crippen LogP contribution in [0.15, 0.2) is 48.8 Å². The highest BCUT2D eigenvalue weighted by Crippen LogP contribution is 2.13. The van der Waals surface area contributed by atoms with Gasteiger partial charge >= 0.3 is 0 Å². The molecule has 23 heavy (non-hydrogen) atoms. The summed E-state index contributed by atoms with van der Waals surface area (Å²) in [5, 5.41) is 0. The number of carbonyl (C=O) groups is 1. The minimum absolute atomic E-state index is 0.157. The van der Waals surface area contributed by atoms with Gasteiger partial charge in [0.2, 0.25) is 11.9 Å². The molecule has 1 aromatic carbocycles. The van der Waals surface area contributed by atoms with Gasteiger partial charge in [-0.3, -0.25) is 4.79 Å². The SMILES string of the molecule is CN(CC(=O)N1CCN(c2ncccn2)CC1)c1ccccc1. The summed E-state index contributed by atoms with van der Waals surface area (Å²) in [5.41, 5.74) is 1.05. The molecule has 6 heteroatoms. The highest BCUT2D eigenvalue weighted by atomic mass is 16.2. The van der Waals surface area contributed by atoms with E-state index in [-0.39, 0.29) is 5.91 Å². The number of piperazine rings is 1. The maximum Gasteiger partial charge on any atom is 0.242 e. The Labute approximate surface area is 136 Å². The van der Waals surface area contributed by atoms with Crippen molar-refractivity contribution >= 4 is 17.5 Å². The molecule has 0 bridgehead atoms. The number of aromatic nitrogens is 2. The Hall–Kier alpha value is -2.63. The van der Waals surface area contributed by atoms with E-state index in [1.54, 1.807) is 12.4 Å². The lowest BCUT2D eigenvalue weighted by Gasteiger charge is -2.35. The van der Waals surface area contributed by atoms with Gasteiger partial charge in [0.25, 0.3) is 0 Å². The van der Waals surface area contributed by atoms with E-state index in [1.807, 2.05) is 53.2 Å². The van der Waals surface area contributed by atoms with Crippen LogP contribution in [0.2, 0.25) is 0 Å². The lowest BCUT2D eigenvalue weighted by atomic mass is 10.2. The Morgan fingerprint density at radius 2 is 1.70 bits per heavy atom. The van der Waals surface area contributed by atoms with Crippen LogP contribution >= 0.6 is 0 Å². The predicted molar refractivity (Wildman–Crippen MR) is 90.5 cm³/mol. The van der Waals surface area contributed by atoms with Crippen molar-refractivity contribution in [3.05, 3.63) is 48.8 Å². The van der Waals surface area contributed by atoms with Crippen LogP contribution in [0.3, 0.4) is 0 Å². The molecular weight excluding hydrogens is 290 g/mol. The van der Waals surface area contributed by atoms with E-state index in [1.165, 1.54) is 0 Å². The highest BCUT2D eigenvalue weighted by Gasteiger charge is 2.23. The number of amides is 1. The van der Waals surface area contributed by atoms with E-state index in [9.17, 15) is 4.79 Å². The zero-order valence-electron chi connectivity index (χ0n) is 13.3. The number of hydrogen-bond donors (Lipinski definition) is 0. The molecular formula is C17H21N5O. The summed E-state index contributed by atoms with van der Waals surface area (Å²) in [6.07, 6.45) is 3.49. The number of carbonyl (C=O) groups excluding carboxylic acids is 1. The molecule has 3 rings (SSSR count). The van der Waals surface area contributed by atoms with E-state index in [0.29, 0.717) is 19.6 Å². The van der Waals surface area contributed by atoms with Crippen LogP contribution in [0.5, 0.6) is 0 Å². The first kappa shape index (κ1) is 15.3. The summed E-state index contributed by atoms with van der Waals surface area (Å²) in [6.45, 7) is 3.35. The van der Waals surface area contributed by atoms with E-state index in [4.69, 9.17) is 0 Å². The molecule has 2 heterocycles. The number of likely N-dealkylation sites (N-methyl/N-ethyl adjacent to an activating group) is 1. The van der Waals surface area contributed by atoms with Crippen LogP contribution < -0.4 is 9.80 Å². The van der Waals surface area contributed by atoms with Crippen LogP contribution in [-0.4, -0.2) is 60.5 Å². The van der Waals surface area contributed by atoms with Crippen molar-refractivity contribution in [3.8, 4) is 0 Å². The molecule has 0 N–H and O–H groups in total. The molecule has 0 spiro atoms. The van der Waals surface area contributed by atoms with Crippen molar-refractivity contribution in [2.24, 2.45) is 0 Å². The van der Waals surface area contributed by atoms with Crippen LogP contribution in [0.25, 0.3) is 0 Å². The van der Waals surface area contributed by atoms with Gasteiger partial charge in [0.15, 0.2) is 0 Å². The first-order valence-electron chi connectivity index (χ1n) is 7.80. The fourth-order valence-corrected chi connectivity index (χ4v) is 2.69. The smallest absolute Gasteiger partial charge is 0.242 e. The molecule has 1 aromatic heterocycles. The molecule has 0 unspecified atom stereocenters. The van der Waals surface area contributed by atoms with Gasteiger partial charge in [-0.15, -0.1) is 0 Å². The van der Waals surface area contributed by atoms with Crippen LogP contribution in [-0.2, 0) is 4.79 Å². The third kappa shape index (κ3) is 3.77. The van der Waals surface area contributed by atoms with E-state index in [2.05, 4.69) is 14.9 Å². The lowest BCUT2D eigenvalue weighted by molar-refractivity contribution is -0.129. The molecule has 1 aliphatic rings. The summed E-state index contributed by atoms with van der Waals surface area (Å²) in [4.78, 5) is 27.0. The van der Waals surface area contributed by atoms with Crippen molar-refractivity contribution in [2.45, 2.75) is 0 Å². The molecule has 0 aliphatic carbocycles. The molecule has 1 fully saturated rings. The summed E-state index contributed by atoms with van der Waals surface area (Å²) >= 11 is 0. The summed E-state index contributed by atoms with van der Waals surface area (Å²) < 4.78 is 0. The molecule has 2 aromatic rings. The lowest BCUT2D eigenvalue weighted by Crippen LogP contribution is -2.51. The molecule has 1 saturated heterocycles. The molecule has 6 nitrogen and oxygen atoms in total. The Kier molecular flexibility index (Phi) is 4.71. The van der Waals surface area contributed by atoms with E-state index >= 15 is 0 Å². The van der Waals surface area contributed by atoms with Gasteiger partial charge in [-0.05, 0) is 18.2 Å². The van der Waals surface area contributed by atoms with Crippen LogP contribution in [0.1, 0.15) is 0 Å². The zero-order chi connectivity index (χ0) is 16.1. The van der Waals surface area contributed by atoms with Crippen molar-refractivity contribution < 1.29 is 4.79 Å². The first-order valence-corrected chi connectivity index (χ1v) is 7.80. The third-order valence-corrected chi connectivity index (χ3v) is 4.04. The number of rotatable bonds is 4. The second kappa shape index (κ2) is 7.09. The topological polar surface area (TPSA) is 52.6 Å². The summed E-state index contributed by atoms with van der Waals surface area (Å²) in [6, 6.07) is 11.8. The van der Waals surface area contributed by atoms with Gasteiger partial charge < -0.3 is 14.7 Å². The quantitative estimate of drug-likeness (QED) is 0.851. The maximum atomic E-state index is 12.5. The Bertz CT molecular complexity index is 626. The maximum absolute atomic E-state index is 12.5. The fourth-order valence-electron chi connectivity index (χ4n) is 2.69. The van der Waals surface area contributed by atoms with Crippen molar-refractivity contribution in [1.29, 1.82) is 0 Å². The van der Waals surface area contributed by atoms with Gasteiger partial charge in [-0.2, -0.15) is 0 Å². The van der Waals surface area contributed by atoms with Crippen LogP contribution in [0, 0.1) is 0 Å². The van der Waals surface area contributed by atoms with Crippen LogP contribution in [0.4, 0.5) is 11.6 Å². The molecule has 1 amide bonds. The number of anilines is 2. The number of benzene rings is 1. The largest absolute Gasteiger partial charge is 0.365 e. The normalized spacial score (nSPS) is 14.7. The number of nitrogens with zero attached hydrogens (tertiary/aromatic N) is 5. The average Bonchev–Trinajstić information content (AvgIpc) is 2.63. The third-order valence-electron chi connectivity index (χ3n) is 4.04. The molecule has 0 saturated carbocycles. The molecule has 1 aliphatic heterocycles. The monoisotopic (exact) mass is 311 g/mol. The molecule has 0 atom stereocenters. The number of para-hydroxylation sites is 1. The van der Waals surface area contributed by atoms with Gasteiger partial charge in [0.1, 0.15) is 0 Å². The van der Waals surface area contributed by atoms with Crippen molar-refractivity contribution in [3.63, 3.8) is 0 Å². The Balaban J connectivity index is 1.52. The highest BCUT2D eigenvalue weighted by molar-refractivity contribution is 5.81. The summed E-state index contributed by atoms with van der Waals surface area (Å²) in [7, 11) is 1.95. The first-order chi connectivity index (χ1) is 11.2. The van der Waals surface area contributed by atoms with Gasteiger partial charge in [-0.25, -0.2) is 9.97 Å². The number of hydrogen-bond acceptors (Lipinski definition) is 5. The fraction of sp³-hybridized carbons (Fsp3) is 0.353. The second-order valence-electron chi connectivity index (χ2n) is 5.61. The minimum Gasteiger partial charge on any atom is -0.365 e. The Morgan fingerprint density at radius 3 is 2.35 bits per heavy atom. The van der Waals surface area contributed by atoms with Gasteiger partial charge in [0.05, 0.1) is 6.54 Å². The van der Waals surface area contributed by atoms with Gasteiger partial charge in [0, 0.05) is 51.3 Å². The standard InChI is InChI=1S/C17H21N5O/c1-20(15-6-3-2-4-7-15)14-16(23)21-10-12-22(13-11-21)17-18-8-5-9-19-17/h2-9H,10-14H2,1H3. The van der Waals surface area contributed by atoms with Crippen molar-refractivity contribution in [2.75, 3.05) is 49.6 Å². The molecule has 0 radical (unpaired) electrons. The van der Waals surface area contributed by atoms with Crippen molar-refractivity contribution in [1.82, 2.24) is 14.9 Å². The Morgan fingerprint density at radius 1 is 1.04 bits per heavy atom. The van der Waals surface area contributed by atoms with Gasteiger partial charge in [-0.1, -0.05) is 18.2 Å². The minimum atomic E-state index is 0.157. The summed E-state index contributed by atoms with van der Waals surface area (Å²) in [5.74, 6) is 0.894. The second-order valence-corrected chi connectivity index (χ2v) is 5.61. The van der Waals surface area contributed by atoms with E-state index in [0.717, 1.165) is 24.7 Å².